The number of hydrogen-bond acceptors (Lipinski definition) is 2. The summed E-state index contributed by atoms with van der Waals surface area (Å²) >= 11 is 0. The van der Waals surface area contributed by atoms with E-state index in [-0.39, 0.29) is 5.75 Å². The van der Waals surface area contributed by atoms with Crippen LogP contribution in [-0.4, -0.2) is 61.9 Å². The van der Waals surface area contributed by atoms with Crippen LogP contribution in [0.5, 0.6) is 5.75 Å². The van der Waals surface area contributed by atoms with Gasteiger partial charge in [-0.2, -0.15) is 74.6 Å². The summed E-state index contributed by atoms with van der Waals surface area (Å²) in [6.45, 7) is 0. The van der Waals surface area contributed by atoms with E-state index in [4.69, 9.17) is 0 Å². The van der Waals surface area contributed by atoms with Crippen LogP contribution in [0.15, 0.2) is 24.3 Å². The topological polar surface area (TPSA) is 18.5 Å². The summed E-state index contributed by atoms with van der Waals surface area (Å²) in [5.41, 5.74) is -0.561. The number of rotatable bonds is 11. The van der Waals surface area contributed by atoms with E-state index in [0.29, 0.717) is 7.11 Å². The highest BCUT2D eigenvalue weighted by atomic mass is 19.4. The predicted molar refractivity (Wildman–Crippen MR) is 88.0 cm³/mol. The maximum absolute atomic E-state index is 14.2. The van der Waals surface area contributed by atoms with Crippen molar-refractivity contribution in [3.05, 3.63) is 29.8 Å². The maximum Gasteiger partial charge on any atom is 0.460 e. The van der Waals surface area contributed by atoms with Gasteiger partial charge in [-0.25, -0.2) is 0 Å². The van der Waals surface area contributed by atoms with Gasteiger partial charge in [0.05, 0.1) is 13.2 Å². The van der Waals surface area contributed by atoms with Gasteiger partial charge in [-0.05, 0) is 17.7 Å². The zero-order chi connectivity index (χ0) is 29.7. The molecular weight excluding hydrogens is 571 g/mol. The summed E-state index contributed by atoms with van der Waals surface area (Å²) in [5.74, 6) is -56.8. The molecule has 0 fully saturated rings. The molecule has 1 aromatic carbocycles. The molecule has 1 atom stereocenters. The van der Waals surface area contributed by atoms with E-state index in [1.165, 1.54) is 0 Å². The average Bonchev–Trinajstić information content (AvgIpc) is 2.75. The van der Waals surface area contributed by atoms with Crippen molar-refractivity contribution in [3.8, 4) is 5.75 Å². The van der Waals surface area contributed by atoms with E-state index >= 15 is 0 Å². The van der Waals surface area contributed by atoms with E-state index in [0.717, 1.165) is 31.4 Å². The first kappa shape index (κ1) is 32.8. The summed E-state index contributed by atoms with van der Waals surface area (Å²) in [7, 11) is 1.53. The molecule has 0 saturated carbocycles. The first-order valence-corrected chi connectivity index (χ1v) is 9.09. The standard InChI is InChI=1S/C18H13F17O2/c1-36-9-5-3-4-8(6-9)10(37-2)7-11(19,20)12(21,22)13(23,24)14(25,26)15(27,28)16(29,30)17(31,32)18(33,34)35/h3-6,10H,7H2,1-2H3. The van der Waals surface area contributed by atoms with Crippen molar-refractivity contribution in [2.75, 3.05) is 14.2 Å². The number of methoxy groups -OCH3 is 2. The van der Waals surface area contributed by atoms with Crippen molar-refractivity contribution in [1.82, 2.24) is 0 Å². The molecule has 37 heavy (non-hydrogen) atoms. The highest BCUT2D eigenvalue weighted by Gasteiger charge is 2.95. The van der Waals surface area contributed by atoms with Gasteiger partial charge < -0.3 is 9.47 Å². The SMILES string of the molecule is COc1cccc(C(CC(F)(F)C(F)(F)C(F)(F)C(F)(F)C(F)(F)C(F)(F)C(F)(F)C(F)(F)F)OC)c1. The summed E-state index contributed by atoms with van der Waals surface area (Å²) in [5, 5.41) is 0. The maximum atomic E-state index is 14.2. The molecular formula is C18H13F17O2. The Morgan fingerprint density at radius 2 is 1.00 bits per heavy atom. The van der Waals surface area contributed by atoms with Crippen molar-refractivity contribution in [2.24, 2.45) is 0 Å². The molecule has 0 spiro atoms. The molecule has 0 aliphatic carbocycles. The minimum Gasteiger partial charge on any atom is -0.497 e. The third-order valence-electron chi connectivity index (χ3n) is 4.98. The van der Waals surface area contributed by atoms with Crippen molar-refractivity contribution in [1.29, 1.82) is 0 Å². The molecule has 0 saturated heterocycles. The minimum atomic E-state index is -8.66. The van der Waals surface area contributed by atoms with Gasteiger partial charge in [0, 0.05) is 13.5 Å². The first-order chi connectivity index (χ1) is 16.2. The molecule has 0 N–H and O–H groups in total. The van der Waals surface area contributed by atoms with E-state index in [2.05, 4.69) is 9.47 Å². The van der Waals surface area contributed by atoms with Crippen LogP contribution in [0.25, 0.3) is 0 Å². The minimum absolute atomic E-state index is 0.168. The van der Waals surface area contributed by atoms with Crippen molar-refractivity contribution >= 4 is 0 Å². The molecule has 0 bridgehead atoms. The third-order valence-corrected chi connectivity index (χ3v) is 4.98. The lowest BCUT2D eigenvalue weighted by Gasteiger charge is -2.43. The van der Waals surface area contributed by atoms with E-state index in [9.17, 15) is 74.6 Å². The number of halogens is 17. The van der Waals surface area contributed by atoms with Gasteiger partial charge in [0.2, 0.25) is 0 Å². The molecule has 1 unspecified atom stereocenters. The van der Waals surface area contributed by atoms with Crippen LogP contribution in [-0.2, 0) is 4.74 Å². The fourth-order valence-electron chi connectivity index (χ4n) is 2.74. The molecule has 0 radical (unpaired) electrons. The Morgan fingerprint density at radius 3 is 1.38 bits per heavy atom. The normalized spacial score (nSPS) is 16.1. The van der Waals surface area contributed by atoms with E-state index < -0.39 is 65.7 Å². The van der Waals surface area contributed by atoms with Crippen LogP contribution in [0.4, 0.5) is 74.6 Å². The van der Waals surface area contributed by atoms with Gasteiger partial charge in [0.25, 0.3) is 0 Å². The van der Waals surface area contributed by atoms with Gasteiger partial charge >= 0.3 is 47.6 Å². The zero-order valence-electron chi connectivity index (χ0n) is 17.8. The molecule has 216 valence electrons. The second kappa shape index (κ2) is 9.52. The number of benzene rings is 1. The van der Waals surface area contributed by atoms with Crippen LogP contribution in [0, 0.1) is 0 Å². The second-order valence-corrected chi connectivity index (χ2v) is 7.35. The Labute approximate surface area is 195 Å². The number of alkyl halides is 17. The van der Waals surface area contributed by atoms with Gasteiger partial charge in [0.15, 0.2) is 0 Å². The Balaban J connectivity index is 3.58. The molecule has 1 aromatic rings. The monoisotopic (exact) mass is 584 g/mol. The molecule has 19 heteroatoms. The highest BCUT2D eigenvalue weighted by Crippen LogP contribution is 2.64. The quantitative estimate of drug-likeness (QED) is 0.248. The highest BCUT2D eigenvalue weighted by molar-refractivity contribution is 5.30. The third kappa shape index (κ3) is 4.86. The number of ether oxygens (including phenoxy) is 2. The average molecular weight is 584 g/mol. The van der Waals surface area contributed by atoms with Crippen LogP contribution in [0.3, 0.4) is 0 Å². The van der Waals surface area contributed by atoms with Crippen molar-refractivity contribution < 1.29 is 84.1 Å². The Kier molecular flexibility index (Phi) is 8.44. The number of hydrogen-bond donors (Lipinski definition) is 0. The summed E-state index contributed by atoms with van der Waals surface area (Å²) < 4.78 is 236. The lowest BCUT2D eigenvalue weighted by molar-refractivity contribution is -0.462. The van der Waals surface area contributed by atoms with Crippen LogP contribution < -0.4 is 4.74 Å². The molecule has 0 amide bonds. The van der Waals surface area contributed by atoms with E-state index in [1.54, 1.807) is 0 Å². The molecule has 0 heterocycles. The first-order valence-electron chi connectivity index (χ1n) is 9.09. The van der Waals surface area contributed by atoms with Crippen LogP contribution in [0.1, 0.15) is 18.1 Å². The zero-order valence-corrected chi connectivity index (χ0v) is 17.8. The van der Waals surface area contributed by atoms with Gasteiger partial charge in [-0.3, -0.25) is 0 Å². The van der Waals surface area contributed by atoms with Crippen molar-refractivity contribution in [3.63, 3.8) is 0 Å². The Bertz CT molecular complexity index is 938. The van der Waals surface area contributed by atoms with Gasteiger partial charge in [-0.15, -0.1) is 0 Å². The molecule has 2 nitrogen and oxygen atoms in total. The fourth-order valence-corrected chi connectivity index (χ4v) is 2.74. The summed E-state index contributed by atoms with van der Waals surface area (Å²) in [4.78, 5) is 0. The predicted octanol–water partition coefficient (Wildman–Crippen LogP) is 7.78. The Morgan fingerprint density at radius 1 is 0.595 bits per heavy atom. The largest absolute Gasteiger partial charge is 0.497 e. The van der Waals surface area contributed by atoms with Crippen LogP contribution >= 0.6 is 0 Å². The summed E-state index contributed by atoms with van der Waals surface area (Å²) in [6, 6.07) is 3.80. The van der Waals surface area contributed by atoms with Gasteiger partial charge in [-0.1, -0.05) is 12.1 Å². The summed E-state index contributed by atoms with van der Waals surface area (Å²) in [6.07, 6.45) is -12.9. The molecule has 0 aliphatic heterocycles. The van der Waals surface area contributed by atoms with E-state index in [1.807, 2.05) is 0 Å². The van der Waals surface area contributed by atoms with Gasteiger partial charge in [0.1, 0.15) is 5.75 Å². The fraction of sp³-hybridized carbons (Fsp3) is 0.667. The molecule has 0 aliphatic rings. The molecule has 0 aromatic heterocycles. The lowest BCUT2D eigenvalue weighted by Crippen LogP contribution is -2.74. The lowest BCUT2D eigenvalue weighted by atomic mass is 9.87. The van der Waals surface area contributed by atoms with Crippen LogP contribution in [0.2, 0.25) is 0 Å². The van der Waals surface area contributed by atoms with Crippen molar-refractivity contribution in [2.45, 2.75) is 60.2 Å². The smallest absolute Gasteiger partial charge is 0.460 e. The molecule has 1 rings (SSSR count). The second-order valence-electron chi connectivity index (χ2n) is 7.35. The Hall–Kier alpha value is -2.21.